The summed E-state index contributed by atoms with van der Waals surface area (Å²) in [6, 6.07) is 5.64. The molecule has 0 unspecified atom stereocenters. The van der Waals surface area contributed by atoms with Gasteiger partial charge >= 0.3 is 0 Å². The molecular formula is C11H15N3O2. The maximum Gasteiger partial charge on any atom is 0.220 e. The van der Waals surface area contributed by atoms with Crippen LogP contribution >= 0.6 is 0 Å². The van der Waals surface area contributed by atoms with Gasteiger partial charge in [0, 0.05) is 37.7 Å². The molecular weight excluding hydrogens is 206 g/mol. The van der Waals surface area contributed by atoms with Crippen LogP contribution < -0.4 is 11.1 Å². The summed E-state index contributed by atoms with van der Waals surface area (Å²) in [6.45, 7) is 0.522. The Morgan fingerprint density at radius 2 is 2.12 bits per heavy atom. The molecule has 1 rings (SSSR count). The largest absolute Gasteiger partial charge is 0.370 e. The van der Waals surface area contributed by atoms with E-state index < -0.39 is 5.91 Å². The lowest BCUT2D eigenvalue weighted by atomic mass is 10.2. The second-order valence-corrected chi connectivity index (χ2v) is 3.39. The Bertz CT molecular complexity index is 352. The minimum atomic E-state index is -0.458. The molecule has 16 heavy (non-hydrogen) atoms. The van der Waals surface area contributed by atoms with Crippen molar-refractivity contribution in [2.45, 2.75) is 19.3 Å². The maximum absolute atomic E-state index is 11.2. The number of nitrogens with one attached hydrogen (secondary N) is 1. The number of nitrogens with two attached hydrogens (primary N) is 1. The first kappa shape index (κ1) is 12.2. The van der Waals surface area contributed by atoms with Crippen LogP contribution in [0, 0.1) is 0 Å². The summed E-state index contributed by atoms with van der Waals surface area (Å²) < 4.78 is 0. The lowest BCUT2D eigenvalue weighted by Crippen LogP contribution is -2.27. The van der Waals surface area contributed by atoms with Gasteiger partial charge in [-0.3, -0.25) is 14.6 Å². The first-order valence-corrected chi connectivity index (χ1v) is 5.13. The summed E-state index contributed by atoms with van der Waals surface area (Å²) in [4.78, 5) is 25.8. The van der Waals surface area contributed by atoms with E-state index in [-0.39, 0.29) is 18.7 Å². The normalized spacial score (nSPS) is 9.75. The number of primary amides is 1. The van der Waals surface area contributed by atoms with Crippen LogP contribution in [0.25, 0.3) is 0 Å². The highest BCUT2D eigenvalue weighted by Gasteiger charge is 2.03. The van der Waals surface area contributed by atoms with E-state index in [0.29, 0.717) is 13.0 Å². The van der Waals surface area contributed by atoms with Gasteiger partial charge in [-0.25, -0.2) is 0 Å². The van der Waals surface area contributed by atoms with E-state index in [4.69, 9.17) is 5.73 Å². The Kier molecular flexibility index (Phi) is 4.98. The van der Waals surface area contributed by atoms with E-state index in [1.165, 1.54) is 0 Å². The number of pyridine rings is 1. The van der Waals surface area contributed by atoms with Gasteiger partial charge in [-0.15, -0.1) is 0 Å². The van der Waals surface area contributed by atoms with Crippen molar-refractivity contribution in [2.75, 3.05) is 6.54 Å². The number of hydrogen-bond donors (Lipinski definition) is 2. The smallest absolute Gasteiger partial charge is 0.220 e. The fraction of sp³-hybridized carbons (Fsp3) is 0.364. The van der Waals surface area contributed by atoms with Gasteiger partial charge in [0.1, 0.15) is 0 Å². The number of carbonyl (C=O) groups excluding carboxylic acids is 2. The quantitative estimate of drug-likeness (QED) is 0.709. The van der Waals surface area contributed by atoms with E-state index in [1.54, 1.807) is 6.20 Å². The Labute approximate surface area is 94.1 Å². The van der Waals surface area contributed by atoms with Crippen molar-refractivity contribution in [2.24, 2.45) is 5.73 Å². The lowest BCUT2D eigenvalue weighted by molar-refractivity contribution is -0.125. The minimum absolute atomic E-state index is 0.0927. The van der Waals surface area contributed by atoms with Crippen LogP contribution in [0.4, 0.5) is 0 Å². The molecule has 0 spiro atoms. The molecule has 0 fully saturated rings. The van der Waals surface area contributed by atoms with Crippen molar-refractivity contribution >= 4 is 11.8 Å². The third kappa shape index (κ3) is 5.09. The van der Waals surface area contributed by atoms with Crippen LogP contribution in [0.5, 0.6) is 0 Å². The molecule has 0 saturated heterocycles. The fourth-order valence-electron chi connectivity index (χ4n) is 1.20. The van der Waals surface area contributed by atoms with Crippen LogP contribution in [0.15, 0.2) is 24.4 Å². The van der Waals surface area contributed by atoms with Gasteiger partial charge in [-0.2, -0.15) is 0 Å². The topological polar surface area (TPSA) is 85.1 Å². The summed E-state index contributed by atoms with van der Waals surface area (Å²) in [5.41, 5.74) is 5.86. The van der Waals surface area contributed by atoms with Gasteiger partial charge in [-0.1, -0.05) is 6.07 Å². The molecule has 3 N–H and O–H groups in total. The number of rotatable bonds is 6. The number of carbonyl (C=O) groups is 2. The van der Waals surface area contributed by atoms with E-state index in [9.17, 15) is 9.59 Å². The molecule has 0 radical (unpaired) electrons. The van der Waals surface area contributed by atoms with Gasteiger partial charge in [0.15, 0.2) is 0 Å². The van der Waals surface area contributed by atoms with Crippen molar-refractivity contribution in [3.05, 3.63) is 30.1 Å². The second-order valence-electron chi connectivity index (χ2n) is 3.39. The molecule has 1 heterocycles. The van der Waals surface area contributed by atoms with Gasteiger partial charge in [0.2, 0.25) is 11.8 Å². The van der Waals surface area contributed by atoms with Gasteiger partial charge < -0.3 is 11.1 Å². The monoisotopic (exact) mass is 221 g/mol. The third-order valence-electron chi connectivity index (χ3n) is 2.03. The molecule has 2 amide bonds. The average Bonchev–Trinajstić information content (AvgIpc) is 2.28. The molecule has 0 aliphatic carbocycles. The standard InChI is InChI=1S/C11H15N3O2/c12-10(15)4-5-11(16)14-8-6-9-3-1-2-7-13-9/h1-3,7H,4-6,8H2,(H2,12,15)(H,14,16). The molecule has 1 aromatic rings. The van der Waals surface area contributed by atoms with Gasteiger partial charge in [0.25, 0.3) is 0 Å². The maximum atomic E-state index is 11.2. The minimum Gasteiger partial charge on any atom is -0.370 e. The summed E-state index contributed by atoms with van der Waals surface area (Å²) >= 11 is 0. The molecule has 86 valence electrons. The highest BCUT2D eigenvalue weighted by molar-refractivity contribution is 5.82. The molecule has 5 nitrogen and oxygen atoms in total. The van der Waals surface area contributed by atoms with Crippen LogP contribution in [-0.4, -0.2) is 23.3 Å². The van der Waals surface area contributed by atoms with Crippen molar-refractivity contribution in [3.8, 4) is 0 Å². The van der Waals surface area contributed by atoms with Crippen LogP contribution in [0.2, 0.25) is 0 Å². The van der Waals surface area contributed by atoms with E-state index in [1.807, 2.05) is 18.2 Å². The third-order valence-corrected chi connectivity index (χ3v) is 2.03. The summed E-state index contributed by atoms with van der Waals surface area (Å²) in [5, 5.41) is 2.70. The highest BCUT2D eigenvalue weighted by atomic mass is 16.2. The molecule has 0 aliphatic rings. The Morgan fingerprint density at radius 1 is 1.31 bits per heavy atom. The van der Waals surface area contributed by atoms with Crippen molar-refractivity contribution < 1.29 is 9.59 Å². The molecule has 5 heteroatoms. The summed E-state index contributed by atoms with van der Waals surface area (Å²) in [5.74, 6) is -0.616. The molecule has 1 aromatic heterocycles. The lowest BCUT2D eigenvalue weighted by Gasteiger charge is -2.03. The number of aromatic nitrogens is 1. The molecule has 0 saturated carbocycles. The first-order valence-electron chi connectivity index (χ1n) is 5.13. The van der Waals surface area contributed by atoms with Gasteiger partial charge in [0.05, 0.1) is 0 Å². The number of hydrogen-bond acceptors (Lipinski definition) is 3. The molecule has 0 aromatic carbocycles. The zero-order valence-electron chi connectivity index (χ0n) is 8.98. The molecule has 0 aliphatic heterocycles. The van der Waals surface area contributed by atoms with Crippen LogP contribution in [-0.2, 0) is 16.0 Å². The summed E-state index contributed by atoms with van der Waals surface area (Å²) in [7, 11) is 0. The predicted molar refractivity (Wildman–Crippen MR) is 59.4 cm³/mol. The van der Waals surface area contributed by atoms with Crippen molar-refractivity contribution in [3.63, 3.8) is 0 Å². The molecule has 0 atom stereocenters. The number of amides is 2. The van der Waals surface area contributed by atoms with E-state index in [2.05, 4.69) is 10.3 Å². The zero-order valence-corrected chi connectivity index (χ0v) is 8.98. The van der Waals surface area contributed by atoms with Crippen LogP contribution in [0.1, 0.15) is 18.5 Å². The van der Waals surface area contributed by atoms with Gasteiger partial charge in [-0.05, 0) is 12.1 Å². The predicted octanol–water partition coefficient (Wildman–Crippen LogP) is 0.00580. The van der Waals surface area contributed by atoms with E-state index >= 15 is 0 Å². The first-order chi connectivity index (χ1) is 7.68. The fourth-order valence-corrected chi connectivity index (χ4v) is 1.20. The second kappa shape index (κ2) is 6.55. The van der Waals surface area contributed by atoms with Crippen molar-refractivity contribution in [1.82, 2.24) is 10.3 Å². The average molecular weight is 221 g/mol. The van der Waals surface area contributed by atoms with Crippen molar-refractivity contribution in [1.29, 1.82) is 0 Å². The Morgan fingerprint density at radius 3 is 2.75 bits per heavy atom. The highest BCUT2D eigenvalue weighted by Crippen LogP contribution is 1.93. The zero-order chi connectivity index (χ0) is 11.8. The summed E-state index contributed by atoms with van der Waals surface area (Å²) in [6.07, 6.45) is 2.64. The van der Waals surface area contributed by atoms with E-state index in [0.717, 1.165) is 5.69 Å². The van der Waals surface area contributed by atoms with Crippen LogP contribution in [0.3, 0.4) is 0 Å². The Hall–Kier alpha value is -1.91. The SMILES string of the molecule is NC(=O)CCC(=O)NCCc1ccccn1. The Balaban J connectivity index is 2.16. The number of nitrogens with zero attached hydrogens (tertiary/aromatic N) is 1. The molecule has 0 bridgehead atoms.